The smallest absolute Gasteiger partial charge is 0.226 e. The Balaban J connectivity index is 1.87. The Morgan fingerprint density at radius 2 is 2.28 bits per heavy atom. The fourth-order valence-corrected chi connectivity index (χ4v) is 2.69. The second kappa shape index (κ2) is 4.55. The van der Waals surface area contributed by atoms with Crippen molar-refractivity contribution >= 4 is 39.8 Å². The Labute approximate surface area is 112 Å². The highest BCUT2D eigenvalue weighted by Crippen LogP contribution is 2.22. The van der Waals surface area contributed by atoms with Crippen LogP contribution in [0.3, 0.4) is 0 Å². The Kier molecular flexibility index (Phi) is 2.89. The minimum Gasteiger partial charge on any atom is -0.364 e. The molecule has 3 heterocycles. The van der Waals surface area contributed by atoms with E-state index >= 15 is 0 Å². The lowest BCUT2D eigenvalue weighted by Crippen LogP contribution is -2.01. The van der Waals surface area contributed by atoms with Crippen LogP contribution in [-0.2, 0) is 6.54 Å². The molecule has 3 aromatic heterocycles. The molecule has 0 amide bonds. The molecule has 3 aromatic rings. The van der Waals surface area contributed by atoms with Gasteiger partial charge in [-0.15, -0.1) is 11.3 Å². The number of aromatic amines is 1. The Morgan fingerprint density at radius 3 is 3.06 bits per heavy atom. The van der Waals surface area contributed by atoms with Gasteiger partial charge in [0, 0.05) is 9.75 Å². The Hall–Kier alpha value is -1.66. The first-order chi connectivity index (χ1) is 8.72. The highest BCUT2D eigenvalue weighted by atomic mass is 35.5. The minimum absolute atomic E-state index is 0.205. The van der Waals surface area contributed by atoms with E-state index in [1.807, 2.05) is 0 Å². The molecular weight excluding hydrogens is 270 g/mol. The predicted molar refractivity (Wildman–Crippen MR) is 73.1 cm³/mol. The van der Waals surface area contributed by atoms with Crippen molar-refractivity contribution in [3.05, 3.63) is 33.4 Å². The van der Waals surface area contributed by atoms with Gasteiger partial charge in [0.05, 0.1) is 18.1 Å². The number of aromatic nitrogens is 4. The van der Waals surface area contributed by atoms with Crippen molar-refractivity contribution in [1.29, 1.82) is 0 Å². The second-order valence-electron chi connectivity index (χ2n) is 3.84. The van der Waals surface area contributed by atoms with E-state index in [2.05, 4.69) is 44.5 Å². The van der Waals surface area contributed by atoms with Gasteiger partial charge in [0.25, 0.3) is 0 Å². The normalized spacial score (nSPS) is 11.0. The van der Waals surface area contributed by atoms with E-state index in [1.165, 1.54) is 9.75 Å². The van der Waals surface area contributed by atoms with Gasteiger partial charge in [-0.3, -0.25) is 5.10 Å². The molecule has 0 unspecified atom stereocenters. The molecule has 0 spiro atoms. The van der Waals surface area contributed by atoms with E-state index in [4.69, 9.17) is 11.6 Å². The molecule has 0 saturated heterocycles. The molecule has 7 heteroatoms. The topological polar surface area (TPSA) is 66.5 Å². The third-order valence-electron chi connectivity index (χ3n) is 2.51. The summed E-state index contributed by atoms with van der Waals surface area (Å²) in [5.74, 6) is 0.699. The molecule has 0 aliphatic heterocycles. The Morgan fingerprint density at radius 1 is 1.39 bits per heavy atom. The van der Waals surface area contributed by atoms with Gasteiger partial charge in [-0.2, -0.15) is 15.1 Å². The zero-order chi connectivity index (χ0) is 12.5. The first-order valence-corrected chi connectivity index (χ1v) is 6.57. The zero-order valence-electron chi connectivity index (χ0n) is 9.57. The van der Waals surface area contributed by atoms with Crippen LogP contribution in [0.1, 0.15) is 9.75 Å². The number of thiophene rings is 1. The average Bonchev–Trinajstić information content (AvgIpc) is 2.94. The van der Waals surface area contributed by atoms with Crippen LogP contribution in [0.2, 0.25) is 5.28 Å². The molecule has 0 aliphatic rings. The number of hydrogen-bond acceptors (Lipinski definition) is 5. The summed E-state index contributed by atoms with van der Waals surface area (Å²) in [6, 6.07) is 4.20. The van der Waals surface area contributed by atoms with E-state index in [9.17, 15) is 0 Å². The van der Waals surface area contributed by atoms with Crippen molar-refractivity contribution in [2.75, 3.05) is 5.32 Å². The first kappa shape index (κ1) is 11.4. The number of hydrogen-bond donors (Lipinski definition) is 2. The lowest BCUT2D eigenvalue weighted by Gasteiger charge is -2.04. The fourth-order valence-electron chi connectivity index (χ4n) is 1.69. The molecule has 0 fully saturated rings. The zero-order valence-corrected chi connectivity index (χ0v) is 11.1. The molecule has 0 bridgehead atoms. The van der Waals surface area contributed by atoms with Gasteiger partial charge >= 0.3 is 0 Å². The Bertz CT molecular complexity index is 690. The van der Waals surface area contributed by atoms with Crippen molar-refractivity contribution < 1.29 is 0 Å². The number of fused-ring (bicyclic) bond motifs is 1. The van der Waals surface area contributed by atoms with Crippen LogP contribution in [-0.4, -0.2) is 20.2 Å². The van der Waals surface area contributed by atoms with E-state index in [1.54, 1.807) is 17.5 Å². The molecule has 3 rings (SSSR count). The molecule has 0 aromatic carbocycles. The number of nitrogens with zero attached hydrogens (tertiary/aromatic N) is 3. The summed E-state index contributed by atoms with van der Waals surface area (Å²) >= 11 is 7.62. The van der Waals surface area contributed by atoms with E-state index < -0.39 is 0 Å². The van der Waals surface area contributed by atoms with Crippen molar-refractivity contribution in [2.24, 2.45) is 0 Å². The van der Waals surface area contributed by atoms with Gasteiger partial charge in [0.1, 0.15) is 5.82 Å². The van der Waals surface area contributed by atoms with Crippen LogP contribution in [0.4, 0.5) is 5.82 Å². The fraction of sp³-hybridized carbons (Fsp3) is 0.182. The van der Waals surface area contributed by atoms with Gasteiger partial charge in [-0.05, 0) is 30.7 Å². The van der Waals surface area contributed by atoms with Crippen LogP contribution in [0.25, 0.3) is 11.0 Å². The third kappa shape index (κ3) is 2.16. The number of rotatable bonds is 3. The number of halogens is 1. The standard InChI is InChI=1S/C11H10ClN5S/c1-6-2-3-7(18-6)4-13-9-8-5-14-17-10(8)16-11(12)15-9/h2-3,5H,4H2,1H3,(H2,13,14,15,16,17). The van der Waals surface area contributed by atoms with Gasteiger partial charge in [-0.1, -0.05) is 0 Å². The first-order valence-electron chi connectivity index (χ1n) is 5.38. The van der Waals surface area contributed by atoms with Crippen molar-refractivity contribution in [1.82, 2.24) is 20.2 Å². The predicted octanol–water partition coefficient (Wildman–Crippen LogP) is 2.99. The van der Waals surface area contributed by atoms with Crippen LogP contribution in [0.5, 0.6) is 0 Å². The molecule has 0 saturated carbocycles. The minimum atomic E-state index is 0.205. The molecule has 0 radical (unpaired) electrons. The summed E-state index contributed by atoms with van der Waals surface area (Å²) in [7, 11) is 0. The molecule has 18 heavy (non-hydrogen) atoms. The maximum absolute atomic E-state index is 5.86. The quantitative estimate of drug-likeness (QED) is 0.723. The van der Waals surface area contributed by atoms with E-state index in [0.29, 0.717) is 18.0 Å². The highest BCUT2D eigenvalue weighted by molar-refractivity contribution is 7.11. The van der Waals surface area contributed by atoms with Gasteiger partial charge < -0.3 is 5.32 Å². The summed E-state index contributed by atoms with van der Waals surface area (Å²) < 4.78 is 0. The SMILES string of the molecule is Cc1ccc(CNc2nc(Cl)nc3[nH]ncc23)s1. The molecular formula is C11H10ClN5S. The van der Waals surface area contributed by atoms with Gasteiger partial charge in [-0.25, -0.2) is 0 Å². The summed E-state index contributed by atoms with van der Waals surface area (Å²) in [6.07, 6.45) is 1.69. The summed E-state index contributed by atoms with van der Waals surface area (Å²) in [6.45, 7) is 2.80. The lowest BCUT2D eigenvalue weighted by molar-refractivity contribution is 1.08. The number of aryl methyl sites for hydroxylation is 1. The van der Waals surface area contributed by atoms with Crippen LogP contribution >= 0.6 is 22.9 Å². The van der Waals surface area contributed by atoms with Crippen molar-refractivity contribution in [2.45, 2.75) is 13.5 Å². The number of nitrogens with one attached hydrogen (secondary N) is 2. The third-order valence-corrected chi connectivity index (χ3v) is 3.68. The molecule has 0 aliphatic carbocycles. The van der Waals surface area contributed by atoms with Gasteiger partial charge in [0.2, 0.25) is 5.28 Å². The second-order valence-corrected chi connectivity index (χ2v) is 5.55. The lowest BCUT2D eigenvalue weighted by atomic mass is 10.4. The molecule has 92 valence electrons. The van der Waals surface area contributed by atoms with E-state index in [-0.39, 0.29) is 5.28 Å². The van der Waals surface area contributed by atoms with Crippen LogP contribution < -0.4 is 5.32 Å². The largest absolute Gasteiger partial charge is 0.364 e. The molecule has 2 N–H and O–H groups in total. The van der Waals surface area contributed by atoms with Crippen LogP contribution in [0.15, 0.2) is 18.3 Å². The van der Waals surface area contributed by atoms with E-state index in [0.717, 1.165) is 5.39 Å². The summed E-state index contributed by atoms with van der Waals surface area (Å²) in [5.41, 5.74) is 0.639. The maximum Gasteiger partial charge on any atom is 0.226 e. The van der Waals surface area contributed by atoms with Crippen molar-refractivity contribution in [3.8, 4) is 0 Å². The van der Waals surface area contributed by atoms with Crippen molar-refractivity contribution in [3.63, 3.8) is 0 Å². The number of H-pyrrole nitrogens is 1. The van der Waals surface area contributed by atoms with Crippen LogP contribution in [0, 0.1) is 6.92 Å². The molecule has 0 atom stereocenters. The van der Waals surface area contributed by atoms with Gasteiger partial charge in [0.15, 0.2) is 5.65 Å². The highest BCUT2D eigenvalue weighted by Gasteiger charge is 2.08. The maximum atomic E-state index is 5.86. The molecule has 5 nitrogen and oxygen atoms in total. The summed E-state index contributed by atoms with van der Waals surface area (Å²) in [5, 5.41) is 11.0. The number of anilines is 1. The summed E-state index contributed by atoms with van der Waals surface area (Å²) in [4.78, 5) is 10.8. The average molecular weight is 280 g/mol. The monoisotopic (exact) mass is 279 g/mol.